The molecule has 15 nitrogen and oxygen atoms in total. The van der Waals surface area contributed by atoms with Crippen LogP contribution in [0.15, 0.2) is 273 Å². The molecule has 5 heterocycles. The monoisotopic (exact) mass is 1430 g/mol. The Morgan fingerprint density at radius 3 is 1.25 bits per heavy atom. The molecular weight excluding hydrogens is 1330 g/mol. The van der Waals surface area contributed by atoms with Gasteiger partial charge in [0.1, 0.15) is 6.04 Å². The number of carbonyl (C=O) groups excluding carboxylic acids is 4. The first-order valence-electron chi connectivity index (χ1n) is 36.7. The van der Waals surface area contributed by atoms with Crippen LogP contribution in [0.2, 0.25) is 0 Å². The molecule has 3 aliphatic heterocycles. The van der Waals surface area contributed by atoms with Crippen molar-refractivity contribution in [1.29, 1.82) is 0 Å². The molecule has 546 valence electrons. The molecule has 2 aromatic heterocycles. The lowest BCUT2D eigenvalue weighted by Gasteiger charge is -2.39. The third kappa shape index (κ3) is 21.7. The third-order valence-corrected chi connectivity index (χ3v) is 20.0. The van der Waals surface area contributed by atoms with Crippen LogP contribution in [0.25, 0.3) is 27.9 Å². The number of nitrogens with zero attached hydrogens (tertiary/aromatic N) is 7. The lowest BCUT2D eigenvalue weighted by molar-refractivity contribution is -0.145. The van der Waals surface area contributed by atoms with Gasteiger partial charge in [-0.3, -0.25) is 33.9 Å². The molecule has 0 spiro atoms. The summed E-state index contributed by atoms with van der Waals surface area (Å²) in [7, 11) is 0. The number of nitrogens with one attached hydrogen (secondary N) is 3. The van der Waals surface area contributed by atoms with Crippen LogP contribution in [0.3, 0.4) is 0 Å². The van der Waals surface area contributed by atoms with Gasteiger partial charge in [-0.15, -0.1) is 0 Å². The number of aromatic amines is 2. The Morgan fingerprint density at radius 1 is 0.425 bits per heavy atom. The molecule has 9 aromatic carbocycles. The number of hydrogen-bond donors (Lipinski definition) is 4. The van der Waals surface area contributed by atoms with Gasteiger partial charge in [-0.2, -0.15) is 13.2 Å². The van der Waals surface area contributed by atoms with E-state index < -0.39 is 29.7 Å². The summed E-state index contributed by atoms with van der Waals surface area (Å²) in [5.74, 6) is -0.262. The van der Waals surface area contributed by atoms with Gasteiger partial charge < -0.3 is 40.6 Å². The predicted octanol–water partition coefficient (Wildman–Crippen LogP) is 13.3. The molecule has 0 bridgehead atoms. The highest BCUT2D eigenvalue weighted by Crippen LogP contribution is 2.30. The number of rotatable bonds is 23. The summed E-state index contributed by atoms with van der Waals surface area (Å²) >= 11 is 0. The lowest BCUT2D eigenvalue weighted by atomic mass is 10.0. The van der Waals surface area contributed by atoms with E-state index in [0.717, 1.165) is 117 Å². The average molecular weight is 1430 g/mol. The van der Waals surface area contributed by atoms with Crippen LogP contribution in [0.1, 0.15) is 55.6 Å². The Bertz CT molecular complexity index is 4560. The van der Waals surface area contributed by atoms with E-state index in [9.17, 15) is 32.3 Å². The quantitative estimate of drug-likeness (QED) is 0.0457. The largest absolute Gasteiger partial charge is 0.416 e. The van der Waals surface area contributed by atoms with E-state index in [0.29, 0.717) is 57.5 Å². The van der Waals surface area contributed by atoms with Gasteiger partial charge in [0.15, 0.2) is 0 Å². The Labute approximate surface area is 619 Å². The van der Waals surface area contributed by atoms with Crippen LogP contribution in [0, 0.1) is 0 Å². The summed E-state index contributed by atoms with van der Waals surface area (Å²) in [5.41, 5.74) is 17.0. The molecule has 3 atom stereocenters. The minimum Gasteiger partial charge on any atom is -0.361 e. The number of H-pyrrole nitrogens is 2. The van der Waals surface area contributed by atoms with Crippen molar-refractivity contribution < 1.29 is 32.3 Å². The van der Waals surface area contributed by atoms with Crippen molar-refractivity contribution in [1.82, 2.24) is 49.6 Å². The Balaban J connectivity index is 0.000000158. The zero-order valence-corrected chi connectivity index (χ0v) is 59.9. The topological polar surface area (TPSA) is 161 Å². The molecule has 14 rings (SSSR count). The molecule has 5 N–H and O–H groups in total. The maximum Gasteiger partial charge on any atom is 0.416 e. The molecule has 3 saturated heterocycles. The number of hydrogen-bond acceptors (Lipinski definition) is 9. The van der Waals surface area contributed by atoms with Crippen molar-refractivity contribution in [3.05, 3.63) is 329 Å². The maximum atomic E-state index is 14.5. The molecule has 11 aromatic rings. The summed E-state index contributed by atoms with van der Waals surface area (Å²) in [5, 5.41) is 5.76. The molecule has 0 radical (unpaired) electrons. The van der Waals surface area contributed by atoms with E-state index >= 15 is 0 Å². The van der Waals surface area contributed by atoms with Gasteiger partial charge in [-0.25, -0.2) is 0 Å². The summed E-state index contributed by atoms with van der Waals surface area (Å²) in [4.78, 5) is 75.7. The van der Waals surface area contributed by atoms with Crippen LogP contribution < -0.4 is 11.1 Å². The first kappa shape index (κ1) is 75.0. The maximum absolute atomic E-state index is 14.5. The molecular formula is C88H94F3N11O4. The Kier molecular flexibility index (Phi) is 26.4. The van der Waals surface area contributed by atoms with Crippen LogP contribution in [-0.2, 0) is 77.3 Å². The predicted molar refractivity (Wildman–Crippen MR) is 415 cm³/mol. The van der Waals surface area contributed by atoms with E-state index in [4.69, 9.17) is 5.73 Å². The van der Waals surface area contributed by atoms with Crippen molar-refractivity contribution >= 4 is 51.5 Å². The molecule has 0 unspecified atom stereocenters. The smallest absolute Gasteiger partial charge is 0.361 e. The zero-order chi connectivity index (χ0) is 73.5. The second-order valence-corrected chi connectivity index (χ2v) is 27.6. The third-order valence-electron chi connectivity index (χ3n) is 20.0. The van der Waals surface area contributed by atoms with Crippen molar-refractivity contribution in [2.75, 3.05) is 78.5 Å². The summed E-state index contributed by atoms with van der Waals surface area (Å²) in [6, 6.07) is 80.7. The molecule has 18 heteroatoms. The highest BCUT2D eigenvalue weighted by molar-refractivity contribution is 5.96. The number of halogens is 3. The molecule has 3 aliphatic rings. The number of nitrogens with two attached hydrogens (primary N) is 1. The van der Waals surface area contributed by atoms with Crippen molar-refractivity contribution in [3.63, 3.8) is 0 Å². The zero-order valence-electron chi connectivity index (χ0n) is 59.9. The highest BCUT2D eigenvalue weighted by atomic mass is 19.4. The first-order valence-corrected chi connectivity index (χ1v) is 36.7. The lowest BCUT2D eigenvalue weighted by Crippen LogP contribution is -2.56. The molecule has 3 fully saturated rings. The van der Waals surface area contributed by atoms with E-state index in [1.165, 1.54) is 57.5 Å². The van der Waals surface area contributed by atoms with Crippen LogP contribution in [0.4, 0.5) is 13.2 Å². The van der Waals surface area contributed by atoms with Gasteiger partial charge in [0.05, 0.1) is 17.6 Å². The molecule has 0 saturated carbocycles. The summed E-state index contributed by atoms with van der Waals surface area (Å²) < 4.78 is 39.4. The number of piperazine rings is 3. The van der Waals surface area contributed by atoms with Crippen LogP contribution in [0.5, 0.6) is 0 Å². The van der Waals surface area contributed by atoms with Crippen molar-refractivity contribution in [2.45, 2.75) is 76.3 Å². The molecule has 0 aliphatic carbocycles. The highest BCUT2D eigenvalue weighted by Gasteiger charge is 2.36. The minimum absolute atomic E-state index is 0.0678. The summed E-state index contributed by atoms with van der Waals surface area (Å²) in [6.45, 7) is 12.7. The normalized spacial score (nSPS) is 15.5. The van der Waals surface area contributed by atoms with Gasteiger partial charge in [-0.1, -0.05) is 206 Å². The van der Waals surface area contributed by atoms with Crippen molar-refractivity contribution in [3.8, 4) is 0 Å². The number of amides is 4. The number of aromatic nitrogens is 2. The molecule has 106 heavy (non-hydrogen) atoms. The van der Waals surface area contributed by atoms with Gasteiger partial charge in [0, 0.05) is 147 Å². The fraction of sp³-hybridized carbons (Fsp3) is 0.273. The van der Waals surface area contributed by atoms with E-state index in [1.54, 1.807) is 4.90 Å². The molecule has 4 amide bonds. The van der Waals surface area contributed by atoms with E-state index in [-0.39, 0.29) is 30.3 Å². The standard InChI is InChI=1S/C39H37F3N4O2.C29H32N4O.C20H25N3O/c40-39(41,42)34-15-11-29(12-16-34)14-18-37(47)46(28-32-13-17-35-33(25-32)19-20-43-35)36(26-30-7-3-1-4-8-30)38(48)45-23-21-44(22-24-45)27-31-9-5-2-6-10-31;34-29(33-17-15-32(16-18-33)22-24-9-5-2-6-10-24)28(20-23-7-3-1-4-8-23)31-21-25-11-12-27-26(19-25)13-14-30-27;21-19(15-17-7-3-1-4-8-17)20(24)23-13-11-22(12-14-23)16-18-9-5-2-6-10-18/h1-20,25,36,43H,21-24,26-28H2;1-14,19,28,30-31H,15-18,20-22H2;1-10,19H,11-16,21H2/b18-14+;;/t36-;28-;19-/m000/s1. The Morgan fingerprint density at radius 2 is 0.811 bits per heavy atom. The average Bonchev–Trinajstić information content (AvgIpc) is 1.31. The van der Waals surface area contributed by atoms with Gasteiger partial charge in [0.2, 0.25) is 23.6 Å². The van der Waals surface area contributed by atoms with E-state index in [2.05, 4.69) is 133 Å². The number of fused-ring (bicyclic) bond motifs is 2. The number of benzene rings is 9. The Hall–Kier alpha value is -10.7. The number of alkyl halides is 3. The van der Waals surface area contributed by atoms with E-state index in [1.807, 2.05) is 154 Å². The van der Waals surface area contributed by atoms with Gasteiger partial charge in [0.25, 0.3) is 0 Å². The van der Waals surface area contributed by atoms with Crippen LogP contribution >= 0.6 is 0 Å². The minimum atomic E-state index is -4.45. The van der Waals surface area contributed by atoms with Crippen LogP contribution in [-0.4, -0.2) is 165 Å². The van der Waals surface area contributed by atoms with Gasteiger partial charge >= 0.3 is 6.18 Å². The SMILES string of the molecule is N[C@@H](Cc1ccccc1)C(=O)N1CCN(Cc2ccccc2)CC1.O=C([C@H](Cc1ccccc1)N(Cc1ccc2[nH]ccc2c1)C(=O)/C=C/c1ccc(C(F)(F)F)cc1)N1CCN(Cc2ccccc2)CC1.O=C([C@H](Cc1ccccc1)NCc1ccc2[nH]ccc2c1)N1CCN(Cc2ccccc2)CC1. The number of carbonyl (C=O) groups is 4. The second-order valence-electron chi connectivity index (χ2n) is 27.6. The fourth-order valence-electron chi connectivity index (χ4n) is 14.0. The first-order chi connectivity index (χ1) is 51.7. The van der Waals surface area contributed by atoms with Gasteiger partial charge in [-0.05, 0) is 128 Å². The van der Waals surface area contributed by atoms with Crippen molar-refractivity contribution in [2.24, 2.45) is 5.73 Å². The summed E-state index contributed by atoms with van der Waals surface area (Å²) in [6.07, 6.45) is 3.81. The second kappa shape index (κ2) is 37.3. The fourth-order valence-corrected chi connectivity index (χ4v) is 14.0.